The molecule has 0 unspecified atom stereocenters. The number of hydrogen-bond acceptors (Lipinski definition) is 5. The van der Waals surface area contributed by atoms with E-state index in [9.17, 15) is 13.2 Å². The van der Waals surface area contributed by atoms with Gasteiger partial charge >= 0.3 is 6.18 Å². The van der Waals surface area contributed by atoms with Crippen molar-refractivity contribution in [2.24, 2.45) is 5.10 Å². The maximum atomic E-state index is 13.1. The summed E-state index contributed by atoms with van der Waals surface area (Å²) < 4.78 is 44.8. The number of para-hydroxylation sites is 2. The molecule has 2 aromatic carbocycles. The zero-order chi connectivity index (χ0) is 18.1. The Kier molecular flexibility index (Phi) is 3.95. The average molecular weight is 358 g/mol. The quantitative estimate of drug-likeness (QED) is 0.696. The Bertz CT molecular complexity index is 1000. The molecule has 1 aromatic heterocycles. The molecule has 0 radical (unpaired) electrons. The zero-order valence-electron chi connectivity index (χ0n) is 13.4. The van der Waals surface area contributed by atoms with Gasteiger partial charge in [0.25, 0.3) is 0 Å². The van der Waals surface area contributed by atoms with E-state index in [2.05, 4.69) is 20.5 Å². The van der Waals surface area contributed by atoms with Gasteiger partial charge in [-0.15, -0.1) is 0 Å². The minimum Gasteiger partial charge on any atom is -0.492 e. The molecule has 0 fully saturated rings. The normalized spacial score (nSPS) is 15.6. The molecule has 0 bridgehead atoms. The lowest BCUT2D eigenvalue weighted by Gasteiger charge is -2.19. The van der Waals surface area contributed by atoms with Gasteiger partial charge in [0.15, 0.2) is 5.82 Å². The molecule has 4 rings (SSSR count). The van der Waals surface area contributed by atoms with Gasteiger partial charge in [-0.05, 0) is 24.3 Å². The van der Waals surface area contributed by atoms with E-state index in [0.29, 0.717) is 29.9 Å². The van der Waals surface area contributed by atoms with Crippen LogP contribution in [0.15, 0.2) is 53.6 Å². The standard InChI is InChI=1S/C18H13F3N4O/c19-18(20,21)17-22-13-7-3-1-6-12(13)16(23-17)25-24-14-9-10-26-15-8-4-2-5-11(14)15/h1-8H,9-10H2,(H,22,23,25). The Balaban J connectivity index is 1.76. The predicted octanol–water partition coefficient (Wildman–Crippen LogP) is 4.25. The van der Waals surface area contributed by atoms with Crippen LogP contribution < -0.4 is 10.2 Å². The molecule has 0 spiro atoms. The Morgan fingerprint density at radius 1 is 1.00 bits per heavy atom. The van der Waals surface area contributed by atoms with E-state index < -0.39 is 12.0 Å². The Morgan fingerprint density at radius 3 is 2.62 bits per heavy atom. The second kappa shape index (κ2) is 6.29. The fraction of sp³-hybridized carbons (Fsp3) is 0.167. The molecule has 3 aromatic rings. The number of halogens is 3. The minimum atomic E-state index is -4.64. The predicted molar refractivity (Wildman–Crippen MR) is 91.3 cm³/mol. The van der Waals surface area contributed by atoms with Gasteiger partial charge in [-0.25, -0.2) is 9.97 Å². The highest BCUT2D eigenvalue weighted by molar-refractivity contribution is 6.04. The van der Waals surface area contributed by atoms with Gasteiger partial charge in [-0.1, -0.05) is 24.3 Å². The molecule has 0 atom stereocenters. The topological polar surface area (TPSA) is 59.4 Å². The third-order valence-corrected chi connectivity index (χ3v) is 3.95. The number of alkyl halides is 3. The van der Waals surface area contributed by atoms with E-state index in [4.69, 9.17) is 4.74 Å². The second-order valence-electron chi connectivity index (χ2n) is 5.68. The van der Waals surface area contributed by atoms with Gasteiger partial charge in [0.1, 0.15) is 5.75 Å². The number of benzene rings is 2. The molecular formula is C18H13F3N4O. The lowest BCUT2D eigenvalue weighted by atomic mass is 10.0. The first-order valence-electron chi connectivity index (χ1n) is 7.91. The largest absolute Gasteiger partial charge is 0.492 e. The summed E-state index contributed by atoms with van der Waals surface area (Å²) in [5.41, 5.74) is 4.39. The van der Waals surface area contributed by atoms with Crippen LogP contribution in [0.3, 0.4) is 0 Å². The highest BCUT2D eigenvalue weighted by atomic mass is 19.4. The molecule has 0 saturated heterocycles. The number of ether oxygens (including phenoxy) is 1. The maximum absolute atomic E-state index is 13.1. The molecule has 132 valence electrons. The lowest BCUT2D eigenvalue weighted by molar-refractivity contribution is -0.144. The molecule has 1 aliphatic rings. The number of fused-ring (bicyclic) bond motifs is 2. The molecule has 2 heterocycles. The van der Waals surface area contributed by atoms with E-state index in [0.717, 1.165) is 5.56 Å². The van der Waals surface area contributed by atoms with E-state index in [-0.39, 0.29) is 11.3 Å². The number of anilines is 1. The molecule has 0 saturated carbocycles. The summed E-state index contributed by atoms with van der Waals surface area (Å²) in [4.78, 5) is 7.22. The van der Waals surface area contributed by atoms with Gasteiger partial charge in [0.2, 0.25) is 5.82 Å². The SMILES string of the molecule is FC(F)(F)c1nc(NN=C2CCOc3ccccc32)c2ccccc2n1. The van der Waals surface area contributed by atoms with Gasteiger partial charge in [0, 0.05) is 17.4 Å². The third-order valence-electron chi connectivity index (χ3n) is 3.95. The van der Waals surface area contributed by atoms with Crippen molar-refractivity contribution in [2.45, 2.75) is 12.6 Å². The first-order chi connectivity index (χ1) is 12.5. The summed E-state index contributed by atoms with van der Waals surface area (Å²) in [6, 6.07) is 13.9. The monoisotopic (exact) mass is 358 g/mol. The van der Waals surface area contributed by atoms with Crippen molar-refractivity contribution in [1.82, 2.24) is 9.97 Å². The van der Waals surface area contributed by atoms with Gasteiger partial charge < -0.3 is 4.74 Å². The van der Waals surface area contributed by atoms with Crippen molar-refractivity contribution in [3.05, 3.63) is 59.9 Å². The van der Waals surface area contributed by atoms with Crippen LogP contribution in [0, 0.1) is 0 Å². The maximum Gasteiger partial charge on any atom is 0.451 e. The first-order valence-corrected chi connectivity index (χ1v) is 7.91. The van der Waals surface area contributed by atoms with Crippen molar-refractivity contribution in [3.8, 4) is 5.75 Å². The van der Waals surface area contributed by atoms with Crippen LogP contribution in [-0.2, 0) is 6.18 Å². The van der Waals surface area contributed by atoms with Crippen molar-refractivity contribution in [2.75, 3.05) is 12.0 Å². The number of rotatable bonds is 2. The smallest absolute Gasteiger partial charge is 0.451 e. The molecular weight excluding hydrogens is 345 g/mol. The van der Waals surface area contributed by atoms with Gasteiger partial charge in [0.05, 0.1) is 17.8 Å². The van der Waals surface area contributed by atoms with Crippen molar-refractivity contribution >= 4 is 22.4 Å². The van der Waals surface area contributed by atoms with E-state index in [1.807, 2.05) is 24.3 Å². The van der Waals surface area contributed by atoms with Crippen molar-refractivity contribution in [1.29, 1.82) is 0 Å². The molecule has 5 nitrogen and oxygen atoms in total. The van der Waals surface area contributed by atoms with E-state index in [1.54, 1.807) is 18.2 Å². The number of nitrogens with one attached hydrogen (secondary N) is 1. The highest BCUT2D eigenvalue weighted by Gasteiger charge is 2.35. The summed E-state index contributed by atoms with van der Waals surface area (Å²) in [5, 5.41) is 4.76. The molecule has 8 heteroatoms. The van der Waals surface area contributed by atoms with Gasteiger partial charge in [-0.3, -0.25) is 5.43 Å². The van der Waals surface area contributed by atoms with Crippen LogP contribution in [0.2, 0.25) is 0 Å². The van der Waals surface area contributed by atoms with Crippen LogP contribution in [0.1, 0.15) is 17.8 Å². The summed E-state index contributed by atoms with van der Waals surface area (Å²) in [5.74, 6) is -0.492. The molecule has 1 aliphatic heterocycles. The Morgan fingerprint density at radius 2 is 1.77 bits per heavy atom. The van der Waals surface area contributed by atoms with E-state index >= 15 is 0 Å². The van der Waals surface area contributed by atoms with Gasteiger partial charge in [-0.2, -0.15) is 18.3 Å². The summed E-state index contributed by atoms with van der Waals surface area (Å²) >= 11 is 0. The lowest BCUT2D eigenvalue weighted by Crippen LogP contribution is -2.18. The fourth-order valence-electron chi connectivity index (χ4n) is 2.75. The van der Waals surface area contributed by atoms with Crippen LogP contribution in [0.5, 0.6) is 5.75 Å². The Labute approximate surface area is 146 Å². The first kappa shape index (κ1) is 16.3. The van der Waals surface area contributed by atoms with Crippen molar-refractivity contribution < 1.29 is 17.9 Å². The molecule has 0 amide bonds. The van der Waals surface area contributed by atoms with E-state index in [1.165, 1.54) is 6.07 Å². The molecule has 26 heavy (non-hydrogen) atoms. The molecule has 1 N–H and O–H groups in total. The van der Waals surface area contributed by atoms with Crippen LogP contribution in [0.4, 0.5) is 19.0 Å². The van der Waals surface area contributed by atoms with Crippen LogP contribution >= 0.6 is 0 Å². The summed E-state index contributed by atoms with van der Waals surface area (Å²) in [6.07, 6.45) is -4.10. The highest BCUT2D eigenvalue weighted by Crippen LogP contribution is 2.30. The second-order valence-corrected chi connectivity index (χ2v) is 5.68. The number of aromatic nitrogens is 2. The average Bonchev–Trinajstić information content (AvgIpc) is 2.65. The van der Waals surface area contributed by atoms with Crippen molar-refractivity contribution in [3.63, 3.8) is 0 Å². The van der Waals surface area contributed by atoms with Crippen LogP contribution in [-0.4, -0.2) is 22.3 Å². The summed E-state index contributed by atoms with van der Waals surface area (Å²) in [7, 11) is 0. The number of nitrogens with zero attached hydrogens (tertiary/aromatic N) is 3. The number of hydrazone groups is 1. The summed E-state index contributed by atoms with van der Waals surface area (Å²) in [6.45, 7) is 0.454. The third kappa shape index (κ3) is 3.05. The Hall–Kier alpha value is -3.16. The molecule has 0 aliphatic carbocycles. The number of hydrogen-bond donors (Lipinski definition) is 1. The zero-order valence-corrected chi connectivity index (χ0v) is 13.4. The minimum absolute atomic E-state index is 0.0133. The van der Waals surface area contributed by atoms with Crippen LogP contribution in [0.25, 0.3) is 10.9 Å². The fourth-order valence-corrected chi connectivity index (χ4v) is 2.75.